The zero-order valence-corrected chi connectivity index (χ0v) is 12.9. The van der Waals surface area contributed by atoms with Crippen molar-refractivity contribution < 1.29 is 14.3 Å². The first-order valence-electron chi connectivity index (χ1n) is 7.36. The molecule has 1 aliphatic heterocycles. The molecule has 0 aromatic heterocycles. The van der Waals surface area contributed by atoms with Crippen molar-refractivity contribution in [2.75, 3.05) is 27.3 Å². The molecule has 1 aromatic carbocycles. The van der Waals surface area contributed by atoms with Gasteiger partial charge in [0, 0.05) is 24.2 Å². The minimum absolute atomic E-state index is 0.0703. The molecule has 2 rings (SSSR count). The summed E-state index contributed by atoms with van der Waals surface area (Å²) >= 11 is 0. The van der Waals surface area contributed by atoms with E-state index in [9.17, 15) is 4.79 Å². The van der Waals surface area contributed by atoms with E-state index >= 15 is 0 Å². The molecule has 1 saturated heterocycles. The first kappa shape index (κ1) is 15.4. The van der Waals surface area contributed by atoms with Gasteiger partial charge in [-0.05, 0) is 37.8 Å². The van der Waals surface area contributed by atoms with E-state index in [0.29, 0.717) is 23.5 Å². The van der Waals surface area contributed by atoms with Crippen molar-refractivity contribution in [1.82, 2.24) is 4.90 Å². The minimum atomic E-state index is 0.0703. The SMILES string of the molecule is C=CCc1cc(C(=O)N2CCCCC2)cc(OC)c1OC. The van der Waals surface area contributed by atoms with Gasteiger partial charge >= 0.3 is 0 Å². The highest BCUT2D eigenvalue weighted by atomic mass is 16.5. The van der Waals surface area contributed by atoms with Crippen LogP contribution in [0.2, 0.25) is 0 Å². The van der Waals surface area contributed by atoms with Crippen LogP contribution in [0.4, 0.5) is 0 Å². The number of amides is 1. The number of hydrogen-bond acceptors (Lipinski definition) is 3. The Morgan fingerprint density at radius 3 is 2.52 bits per heavy atom. The Hall–Kier alpha value is -1.97. The average Bonchev–Trinajstić information content (AvgIpc) is 2.54. The van der Waals surface area contributed by atoms with Gasteiger partial charge in [0.1, 0.15) is 0 Å². The molecule has 0 saturated carbocycles. The maximum Gasteiger partial charge on any atom is 0.254 e. The summed E-state index contributed by atoms with van der Waals surface area (Å²) in [5.74, 6) is 1.34. The minimum Gasteiger partial charge on any atom is -0.493 e. The Morgan fingerprint density at radius 2 is 1.95 bits per heavy atom. The Bertz CT molecular complexity index is 519. The summed E-state index contributed by atoms with van der Waals surface area (Å²) in [6.45, 7) is 5.43. The molecule has 0 N–H and O–H groups in total. The van der Waals surface area contributed by atoms with E-state index in [-0.39, 0.29) is 5.91 Å². The van der Waals surface area contributed by atoms with Crippen molar-refractivity contribution in [2.24, 2.45) is 0 Å². The first-order valence-corrected chi connectivity index (χ1v) is 7.36. The number of likely N-dealkylation sites (tertiary alicyclic amines) is 1. The van der Waals surface area contributed by atoms with Gasteiger partial charge in [0.25, 0.3) is 5.91 Å². The number of carbonyl (C=O) groups excluding carboxylic acids is 1. The quantitative estimate of drug-likeness (QED) is 0.782. The Labute approximate surface area is 126 Å². The smallest absolute Gasteiger partial charge is 0.254 e. The lowest BCUT2D eigenvalue weighted by molar-refractivity contribution is 0.0724. The highest BCUT2D eigenvalue weighted by molar-refractivity contribution is 5.95. The fraction of sp³-hybridized carbons (Fsp3) is 0.471. The van der Waals surface area contributed by atoms with Gasteiger partial charge in [0.05, 0.1) is 14.2 Å². The largest absolute Gasteiger partial charge is 0.493 e. The van der Waals surface area contributed by atoms with Gasteiger partial charge in [0.2, 0.25) is 0 Å². The molecule has 0 bridgehead atoms. The Morgan fingerprint density at radius 1 is 1.24 bits per heavy atom. The molecule has 114 valence electrons. The van der Waals surface area contributed by atoms with Crippen molar-refractivity contribution in [3.63, 3.8) is 0 Å². The number of nitrogens with zero attached hydrogens (tertiary/aromatic N) is 1. The molecule has 4 heteroatoms. The van der Waals surface area contributed by atoms with Crippen LogP contribution >= 0.6 is 0 Å². The van der Waals surface area contributed by atoms with Gasteiger partial charge in [-0.1, -0.05) is 6.08 Å². The highest BCUT2D eigenvalue weighted by Gasteiger charge is 2.21. The first-order chi connectivity index (χ1) is 10.2. The number of benzene rings is 1. The molecule has 0 aliphatic carbocycles. The molecule has 0 unspecified atom stereocenters. The molecular weight excluding hydrogens is 266 g/mol. The van der Waals surface area contributed by atoms with E-state index < -0.39 is 0 Å². The van der Waals surface area contributed by atoms with Gasteiger partial charge < -0.3 is 14.4 Å². The van der Waals surface area contributed by atoms with Crippen LogP contribution in [-0.2, 0) is 6.42 Å². The van der Waals surface area contributed by atoms with Crippen molar-refractivity contribution in [1.29, 1.82) is 0 Å². The predicted octanol–water partition coefficient (Wildman–Crippen LogP) is 3.06. The van der Waals surface area contributed by atoms with Gasteiger partial charge in [-0.25, -0.2) is 0 Å². The predicted molar refractivity (Wildman–Crippen MR) is 83.2 cm³/mol. The standard InChI is InChI=1S/C17H23NO3/c1-4-8-13-11-14(12-15(20-2)16(13)21-3)17(19)18-9-6-5-7-10-18/h4,11-12H,1,5-10H2,2-3H3. The molecule has 4 nitrogen and oxygen atoms in total. The van der Waals surface area contributed by atoms with Crippen molar-refractivity contribution in [2.45, 2.75) is 25.7 Å². The lowest BCUT2D eigenvalue weighted by Gasteiger charge is -2.27. The van der Waals surface area contributed by atoms with Crippen LogP contribution in [0.15, 0.2) is 24.8 Å². The molecule has 0 atom stereocenters. The van der Waals surface area contributed by atoms with Crippen molar-refractivity contribution in [3.05, 3.63) is 35.9 Å². The summed E-state index contributed by atoms with van der Waals surface area (Å²) in [6, 6.07) is 3.66. The summed E-state index contributed by atoms with van der Waals surface area (Å²) in [7, 11) is 3.20. The average molecular weight is 289 g/mol. The lowest BCUT2D eigenvalue weighted by atomic mass is 10.0. The second-order valence-electron chi connectivity index (χ2n) is 5.22. The van der Waals surface area contributed by atoms with E-state index in [1.54, 1.807) is 26.4 Å². The molecule has 1 heterocycles. The number of methoxy groups -OCH3 is 2. The number of allylic oxidation sites excluding steroid dienone is 1. The number of ether oxygens (including phenoxy) is 2. The fourth-order valence-electron chi connectivity index (χ4n) is 2.75. The summed E-state index contributed by atoms with van der Waals surface area (Å²) in [5, 5.41) is 0. The van der Waals surface area contributed by atoms with Crippen molar-refractivity contribution in [3.8, 4) is 11.5 Å². The monoisotopic (exact) mass is 289 g/mol. The van der Waals surface area contributed by atoms with Gasteiger partial charge in [-0.15, -0.1) is 6.58 Å². The van der Waals surface area contributed by atoms with E-state index in [2.05, 4.69) is 6.58 Å². The Balaban J connectivity index is 2.36. The third-order valence-corrected chi connectivity index (χ3v) is 3.81. The number of hydrogen-bond donors (Lipinski definition) is 0. The van der Waals surface area contributed by atoms with E-state index in [1.165, 1.54) is 6.42 Å². The van der Waals surface area contributed by atoms with Crippen LogP contribution < -0.4 is 9.47 Å². The summed E-state index contributed by atoms with van der Waals surface area (Å²) < 4.78 is 10.8. The molecule has 1 amide bonds. The van der Waals surface area contributed by atoms with Crippen LogP contribution in [0.5, 0.6) is 11.5 Å². The molecule has 1 aromatic rings. The molecule has 0 spiro atoms. The molecular formula is C17H23NO3. The van der Waals surface area contributed by atoms with Gasteiger partial charge in [0.15, 0.2) is 11.5 Å². The second-order valence-corrected chi connectivity index (χ2v) is 5.22. The Kier molecular flexibility index (Phi) is 5.26. The van der Waals surface area contributed by atoms with E-state index in [0.717, 1.165) is 31.5 Å². The molecule has 1 aliphatic rings. The second kappa shape index (κ2) is 7.16. The van der Waals surface area contributed by atoms with Crippen LogP contribution in [0, 0.1) is 0 Å². The van der Waals surface area contributed by atoms with E-state index in [4.69, 9.17) is 9.47 Å². The zero-order chi connectivity index (χ0) is 15.2. The molecule has 1 fully saturated rings. The number of carbonyl (C=O) groups is 1. The van der Waals surface area contributed by atoms with Crippen molar-refractivity contribution >= 4 is 5.91 Å². The van der Waals surface area contributed by atoms with Crippen LogP contribution in [0.3, 0.4) is 0 Å². The third-order valence-electron chi connectivity index (χ3n) is 3.81. The normalized spacial score (nSPS) is 14.7. The maximum atomic E-state index is 12.6. The summed E-state index contributed by atoms with van der Waals surface area (Å²) in [6.07, 6.45) is 5.81. The van der Waals surface area contributed by atoms with Crippen LogP contribution in [0.1, 0.15) is 35.2 Å². The fourth-order valence-corrected chi connectivity index (χ4v) is 2.75. The lowest BCUT2D eigenvalue weighted by Crippen LogP contribution is -2.35. The van der Waals surface area contributed by atoms with Crippen LogP contribution in [0.25, 0.3) is 0 Å². The third kappa shape index (κ3) is 3.38. The van der Waals surface area contributed by atoms with Gasteiger partial charge in [-0.2, -0.15) is 0 Å². The highest BCUT2D eigenvalue weighted by Crippen LogP contribution is 2.33. The topological polar surface area (TPSA) is 38.8 Å². The van der Waals surface area contributed by atoms with Crippen LogP contribution in [-0.4, -0.2) is 38.1 Å². The van der Waals surface area contributed by atoms with E-state index in [1.807, 2.05) is 11.0 Å². The molecule has 0 radical (unpaired) electrons. The summed E-state index contributed by atoms with van der Waals surface area (Å²) in [5.41, 5.74) is 1.58. The summed E-state index contributed by atoms with van der Waals surface area (Å²) in [4.78, 5) is 14.5. The number of piperidine rings is 1. The maximum absolute atomic E-state index is 12.6. The molecule has 21 heavy (non-hydrogen) atoms. The number of rotatable bonds is 5. The zero-order valence-electron chi connectivity index (χ0n) is 12.9. The van der Waals surface area contributed by atoms with Gasteiger partial charge in [-0.3, -0.25) is 4.79 Å².